The van der Waals surface area contributed by atoms with Gasteiger partial charge in [-0.1, -0.05) is 13.8 Å². The van der Waals surface area contributed by atoms with Crippen LogP contribution in [0.1, 0.15) is 33.6 Å². The molecule has 0 N–H and O–H groups in total. The molecule has 1 aromatic carbocycles. The Hall–Kier alpha value is -1.62. The highest BCUT2D eigenvalue weighted by Gasteiger charge is 2.31. The first kappa shape index (κ1) is 19.2. The zero-order valence-electron chi connectivity index (χ0n) is 16.3. The van der Waals surface area contributed by atoms with E-state index in [2.05, 4.69) is 35.5 Å². The van der Waals surface area contributed by atoms with Crippen LogP contribution >= 0.6 is 0 Å². The fourth-order valence-corrected chi connectivity index (χ4v) is 4.50. The molecule has 0 bridgehead atoms. The fourth-order valence-electron chi connectivity index (χ4n) is 4.50. The van der Waals surface area contributed by atoms with Crippen molar-refractivity contribution in [1.29, 1.82) is 0 Å². The van der Waals surface area contributed by atoms with E-state index in [9.17, 15) is 9.18 Å². The quantitative estimate of drug-likeness (QED) is 0.827. The van der Waals surface area contributed by atoms with Crippen molar-refractivity contribution in [3.8, 4) is 0 Å². The number of nitrogens with zero attached hydrogens (tertiary/aromatic N) is 3. The van der Waals surface area contributed by atoms with Crippen molar-refractivity contribution in [3.63, 3.8) is 0 Å². The number of carbonyl (C=O) groups is 1. The van der Waals surface area contributed by atoms with Gasteiger partial charge in [-0.2, -0.15) is 0 Å². The summed E-state index contributed by atoms with van der Waals surface area (Å²) in [5, 5.41) is 0. The maximum atomic E-state index is 13.2. The smallest absolute Gasteiger partial charge is 0.239 e. The van der Waals surface area contributed by atoms with E-state index in [0.29, 0.717) is 11.8 Å². The lowest BCUT2D eigenvalue weighted by Gasteiger charge is -2.38. The first-order valence-electron chi connectivity index (χ1n) is 9.97. The van der Waals surface area contributed by atoms with Crippen LogP contribution in [0.15, 0.2) is 24.3 Å². The van der Waals surface area contributed by atoms with Crippen LogP contribution in [0.2, 0.25) is 0 Å². The molecule has 5 heteroatoms. The van der Waals surface area contributed by atoms with Gasteiger partial charge in [0.15, 0.2) is 0 Å². The fraction of sp³-hybridized carbons (Fsp3) is 0.667. The predicted octanol–water partition coefficient (Wildman–Crippen LogP) is 3.23. The van der Waals surface area contributed by atoms with Crippen LogP contribution in [0.3, 0.4) is 0 Å². The molecule has 2 aliphatic rings. The standard InChI is InChI=1S/C21H32FN3O/c1-16-13-17(2)15-25(14-16)21(26)18(3)23-9-4-10-24(12-11-23)20-7-5-19(22)6-8-20/h5-8,16-18H,4,9-15H2,1-3H3. The molecule has 0 radical (unpaired) electrons. The lowest BCUT2D eigenvalue weighted by molar-refractivity contribution is -0.139. The van der Waals surface area contributed by atoms with Crippen molar-refractivity contribution < 1.29 is 9.18 Å². The molecule has 0 saturated carbocycles. The molecule has 2 fully saturated rings. The Labute approximate surface area is 157 Å². The van der Waals surface area contributed by atoms with Crippen molar-refractivity contribution >= 4 is 11.6 Å². The van der Waals surface area contributed by atoms with Crippen LogP contribution in [-0.4, -0.2) is 61.0 Å². The Kier molecular flexibility index (Phi) is 6.17. The zero-order valence-corrected chi connectivity index (χ0v) is 16.3. The molecular formula is C21H32FN3O. The number of piperidine rings is 1. The van der Waals surface area contributed by atoms with E-state index in [4.69, 9.17) is 0 Å². The summed E-state index contributed by atoms with van der Waals surface area (Å²) < 4.78 is 13.2. The van der Waals surface area contributed by atoms with Crippen LogP contribution in [-0.2, 0) is 4.79 Å². The summed E-state index contributed by atoms with van der Waals surface area (Å²) >= 11 is 0. The summed E-state index contributed by atoms with van der Waals surface area (Å²) in [5.41, 5.74) is 1.06. The average molecular weight is 362 g/mol. The molecule has 1 amide bonds. The molecule has 3 rings (SSSR count). The summed E-state index contributed by atoms with van der Waals surface area (Å²) in [6.07, 6.45) is 2.23. The van der Waals surface area contributed by atoms with Crippen molar-refractivity contribution in [3.05, 3.63) is 30.1 Å². The van der Waals surface area contributed by atoms with Crippen LogP contribution in [0.4, 0.5) is 10.1 Å². The molecule has 0 spiro atoms. The van der Waals surface area contributed by atoms with E-state index >= 15 is 0 Å². The predicted molar refractivity (Wildman–Crippen MR) is 104 cm³/mol. The summed E-state index contributed by atoms with van der Waals surface area (Å²) in [5.74, 6) is 1.26. The Morgan fingerprint density at radius 1 is 1.04 bits per heavy atom. The molecule has 2 aliphatic heterocycles. The van der Waals surface area contributed by atoms with Crippen molar-refractivity contribution in [2.45, 2.75) is 39.7 Å². The molecule has 1 aromatic rings. The van der Waals surface area contributed by atoms with Crippen molar-refractivity contribution in [2.24, 2.45) is 11.8 Å². The number of anilines is 1. The maximum Gasteiger partial charge on any atom is 0.239 e. The minimum absolute atomic E-state index is 0.0688. The van der Waals surface area contributed by atoms with Gasteiger partial charge in [0.05, 0.1) is 6.04 Å². The molecule has 2 saturated heterocycles. The van der Waals surface area contributed by atoms with Gasteiger partial charge in [0.2, 0.25) is 5.91 Å². The molecule has 3 atom stereocenters. The third kappa shape index (κ3) is 4.56. The minimum Gasteiger partial charge on any atom is -0.370 e. The Morgan fingerprint density at radius 3 is 2.35 bits per heavy atom. The van der Waals surface area contributed by atoms with Gasteiger partial charge in [0.1, 0.15) is 5.82 Å². The Bertz CT molecular complexity index is 596. The number of rotatable bonds is 3. The summed E-state index contributed by atoms with van der Waals surface area (Å²) in [7, 11) is 0. The van der Waals surface area contributed by atoms with Gasteiger partial charge >= 0.3 is 0 Å². The molecule has 4 nitrogen and oxygen atoms in total. The van der Waals surface area contributed by atoms with Gasteiger partial charge in [-0.05, 0) is 55.9 Å². The molecule has 26 heavy (non-hydrogen) atoms. The molecule has 0 aromatic heterocycles. The second-order valence-corrected chi connectivity index (χ2v) is 8.22. The number of hydrogen-bond donors (Lipinski definition) is 0. The van der Waals surface area contributed by atoms with Crippen LogP contribution < -0.4 is 4.90 Å². The van der Waals surface area contributed by atoms with Gasteiger partial charge in [-0.25, -0.2) is 4.39 Å². The highest BCUT2D eigenvalue weighted by Crippen LogP contribution is 2.23. The average Bonchev–Trinajstić information content (AvgIpc) is 2.86. The van der Waals surface area contributed by atoms with Gasteiger partial charge in [0.25, 0.3) is 0 Å². The van der Waals surface area contributed by atoms with E-state index in [1.165, 1.54) is 18.6 Å². The summed E-state index contributed by atoms with van der Waals surface area (Å²) in [6, 6.07) is 6.65. The summed E-state index contributed by atoms with van der Waals surface area (Å²) in [6.45, 7) is 11.9. The third-order valence-corrected chi connectivity index (χ3v) is 5.81. The van der Waals surface area contributed by atoms with E-state index in [1.807, 2.05) is 12.1 Å². The minimum atomic E-state index is -0.200. The second kappa shape index (κ2) is 8.38. The topological polar surface area (TPSA) is 26.8 Å². The largest absolute Gasteiger partial charge is 0.370 e. The van der Waals surface area contributed by atoms with Gasteiger partial charge in [-0.15, -0.1) is 0 Å². The number of halogens is 1. The van der Waals surface area contributed by atoms with E-state index in [1.54, 1.807) is 0 Å². The number of carbonyl (C=O) groups excluding carboxylic acids is 1. The second-order valence-electron chi connectivity index (χ2n) is 8.22. The SMILES string of the molecule is CC1CC(C)CN(C(=O)C(C)N2CCCN(c3ccc(F)cc3)CC2)C1. The first-order chi connectivity index (χ1) is 12.4. The maximum absolute atomic E-state index is 13.2. The molecule has 0 aliphatic carbocycles. The zero-order chi connectivity index (χ0) is 18.7. The normalized spacial score (nSPS) is 26.5. The Morgan fingerprint density at radius 2 is 1.69 bits per heavy atom. The van der Waals surface area contributed by atoms with Crippen LogP contribution in [0.5, 0.6) is 0 Å². The first-order valence-corrected chi connectivity index (χ1v) is 9.97. The lowest BCUT2D eigenvalue weighted by atomic mass is 9.91. The van der Waals surface area contributed by atoms with Gasteiger partial charge in [0, 0.05) is 45.0 Å². The third-order valence-electron chi connectivity index (χ3n) is 5.81. The van der Waals surface area contributed by atoms with Crippen molar-refractivity contribution in [1.82, 2.24) is 9.80 Å². The molecule has 144 valence electrons. The highest BCUT2D eigenvalue weighted by atomic mass is 19.1. The van der Waals surface area contributed by atoms with Crippen LogP contribution in [0.25, 0.3) is 0 Å². The number of benzene rings is 1. The van der Waals surface area contributed by atoms with Gasteiger partial charge in [-0.3, -0.25) is 9.69 Å². The van der Waals surface area contributed by atoms with Crippen LogP contribution in [0, 0.1) is 17.7 Å². The van der Waals surface area contributed by atoms with E-state index in [0.717, 1.165) is 51.4 Å². The lowest BCUT2D eigenvalue weighted by Crippen LogP contribution is -2.52. The molecule has 3 unspecified atom stereocenters. The summed E-state index contributed by atoms with van der Waals surface area (Å²) in [4.78, 5) is 19.7. The van der Waals surface area contributed by atoms with Gasteiger partial charge < -0.3 is 9.80 Å². The highest BCUT2D eigenvalue weighted by molar-refractivity contribution is 5.81. The Balaban J connectivity index is 1.59. The van der Waals surface area contributed by atoms with Crippen molar-refractivity contribution in [2.75, 3.05) is 44.2 Å². The number of hydrogen-bond acceptors (Lipinski definition) is 3. The van der Waals surface area contributed by atoms with E-state index in [-0.39, 0.29) is 17.8 Å². The van der Waals surface area contributed by atoms with E-state index < -0.39 is 0 Å². The molecular weight excluding hydrogens is 329 g/mol. The number of likely N-dealkylation sites (tertiary alicyclic amines) is 1. The molecule has 2 heterocycles. The number of amides is 1. The monoisotopic (exact) mass is 361 g/mol.